The molecule has 0 amide bonds. The topological polar surface area (TPSA) is 0 Å². The summed E-state index contributed by atoms with van der Waals surface area (Å²) in [5.41, 5.74) is 2.89. The number of allylic oxidation sites excluding steroid dienone is 6. The first-order chi connectivity index (χ1) is 6.09. The van der Waals surface area contributed by atoms with Crippen LogP contribution in [0.1, 0.15) is 33.6 Å². The van der Waals surface area contributed by atoms with Crippen molar-refractivity contribution in [3.05, 3.63) is 33.9 Å². The molecule has 0 aromatic carbocycles. The first kappa shape index (κ1) is 10.8. The lowest BCUT2D eigenvalue weighted by Crippen LogP contribution is -1.89. The molecule has 0 atom stereocenters. The van der Waals surface area contributed by atoms with Gasteiger partial charge in [-0.05, 0) is 37.3 Å². The van der Waals surface area contributed by atoms with Crippen molar-refractivity contribution in [1.82, 2.24) is 0 Å². The van der Waals surface area contributed by atoms with Crippen LogP contribution in [-0.2, 0) is 0 Å². The Morgan fingerprint density at radius 3 is 2.69 bits per heavy atom. The van der Waals surface area contributed by atoms with Crippen LogP contribution < -0.4 is 0 Å². The number of hydrogen-bond donors (Lipinski definition) is 0. The van der Waals surface area contributed by atoms with Gasteiger partial charge in [-0.25, -0.2) is 0 Å². The molecule has 1 heteroatoms. The predicted octanol–water partition coefficient (Wildman–Crippen LogP) is 4.59. The van der Waals surface area contributed by atoms with Crippen LogP contribution in [0.25, 0.3) is 0 Å². The van der Waals surface area contributed by atoms with Gasteiger partial charge in [0.15, 0.2) is 0 Å². The Balaban J connectivity index is 2.50. The average molecular weight is 241 g/mol. The predicted molar refractivity (Wildman–Crippen MR) is 62.9 cm³/mol. The average Bonchev–Trinajstić information content (AvgIpc) is 2.81. The molecule has 13 heavy (non-hydrogen) atoms. The SMILES string of the molecule is C/C(CC(C)C)=C(Br)/C=C\C1=CC1. The molecule has 1 aliphatic rings. The first-order valence-corrected chi connectivity index (χ1v) is 5.61. The van der Waals surface area contributed by atoms with Gasteiger partial charge in [0.05, 0.1) is 0 Å². The van der Waals surface area contributed by atoms with Crippen LogP contribution in [-0.4, -0.2) is 0 Å². The molecule has 0 nitrogen and oxygen atoms in total. The van der Waals surface area contributed by atoms with Crippen molar-refractivity contribution in [3.63, 3.8) is 0 Å². The molecule has 0 saturated heterocycles. The smallest absolute Gasteiger partial charge is 0.0164 e. The van der Waals surface area contributed by atoms with Crippen molar-refractivity contribution in [2.75, 3.05) is 0 Å². The zero-order chi connectivity index (χ0) is 9.84. The van der Waals surface area contributed by atoms with Gasteiger partial charge in [0.25, 0.3) is 0 Å². The lowest BCUT2D eigenvalue weighted by molar-refractivity contribution is 0.642. The lowest BCUT2D eigenvalue weighted by atomic mass is 10.0. The molecule has 0 saturated carbocycles. The molecule has 0 bridgehead atoms. The van der Waals surface area contributed by atoms with Crippen molar-refractivity contribution >= 4 is 15.9 Å². The minimum Gasteiger partial charge on any atom is -0.0766 e. The van der Waals surface area contributed by atoms with Gasteiger partial charge in [0.1, 0.15) is 0 Å². The van der Waals surface area contributed by atoms with E-state index in [0.717, 1.165) is 5.92 Å². The van der Waals surface area contributed by atoms with Crippen molar-refractivity contribution in [3.8, 4) is 0 Å². The summed E-state index contributed by atoms with van der Waals surface area (Å²) < 4.78 is 1.24. The fraction of sp³-hybridized carbons (Fsp3) is 0.500. The molecule has 1 aliphatic carbocycles. The van der Waals surface area contributed by atoms with E-state index in [-0.39, 0.29) is 0 Å². The summed E-state index contributed by atoms with van der Waals surface area (Å²) >= 11 is 3.59. The highest BCUT2D eigenvalue weighted by molar-refractivity contribution is 9.11. The fourth-order valence-corrected chi connectivity index (χ4v) is 1.52. The van der Waals surface area contributed by atoms with E-state index in [2.05, 4.69) is 54.9 Å². The third-order valence-corrected chi connectivity index (χ3v) is 2.95. The number of rotatable bonds is 4. The Labute approximate surface area is 89.5 Å². The highest BCUT2D eigenvalue weighted by atomic mass is 79.9. The first-order valence-electron chi connectivity index (χ1n) is 4.82. The summed E-state index contributed by atoms with van der Waals surface area (Å²) in [6.07, 6.45) is 8.93. The van der Waals surface area contributed by atoms with E-state index in [1.165, 1.54) is 28.5 Å². The molecule has 0 unspecified atom stereocenters. The maximum absolute atomic E-state index is 3.59. The zero-order valence-corrected chi connectivity index (χ0v) is 10.2. The summed E-state index contributed by atoms with van der Waals surface area (Å²) in [6.45, 7) is 6.68. The van der Waals surface area contributed by atoms with E-state index in [0.29, 0.717) is 0 Å². The fourth-order valence-electron chi connectivity index (χ4n) is 1.23. The zero-order valence-electron chi connectivity index (χ0n) is 8.60. The molecule has 0 radical (unpaired) electrons. The minimum atomic E-state index is 0.737. The van der Waals surface area contributed by atoms with Crippen molar-refractivity contribution in [2.24, 2.45) is 5.92 Å². The Hall–Kier alpha value is -0.300. The molecule has 0 aromatic rings. The third kappa shape index (κ3) is 4.47. The molecule has 0 fully saturated rings. The summed E-state index contributed by atoms with van der Waals surface area (Å²) in [5, 5.41) is 0. The Morgan fingerprint density at radius 2 is 2.23 bits per heavy atom. The van der Waals surface area contributed by atoms with Gasteiger partial charge >= 0.3 is 0 Å². The van der Waals surface area contributed by atoms with E-state index in [1.807, 2.05) is 0 Å². The monoisotopic (exact) mass is 240 g/mol. The molecule has 0 aromatic heterocycles. The third-order valence-electron chi connectivity index (χ3n) is 2.01. The van der Waals surface area contributed by atoms with E-state index < -0.39 is 0 Å². The summed E-state index contributed by atoms with van der Waals surface area (Å²) in [7, 11) is 0. The van der Waals surface area contributed by atoms with Gasteiger partial charge in [-0.3, -0.25) is 0 Å². The Morgan fingerprint density at radius 1 is 1.62 bits per heavy atom. The van der Waals surface area contributed by atoms with E-state index in [4.69, 9.17) is 0 Å². The largest absolute Gasteiger partial charge is 0.0766 e. The lowest BCUT2D eigenvalue weighted by Gasteiger charge is -2.05. The quantitative estimate of drug-likeness (QED) is 0.631. The minimum absolute atomic E-state index is 0.737. The maximum Gasteiger partial charge on any atom is 0.0164 e. The van der Waals surface area contributed by atoms with Gasteiger partial charge in [-0.15, -0.1) is 0 Å². The van der Waals surface area contributed by atoms with Gasteiger partial charge in [-0.1, -0.05) is 47.5 Å². The normalized spacial score (nSPS) is 17.8. The van der Waals surface area contributed by atoms with Gasteiger partial charge < -0.3 is 0 Å². The second kappa shape index (κ2) is 4.80. The highest BCUT2D eigenvalue weighted by Crippen LogP contribution is 2.24. The van der Waals surface area contributed by atoms with Gasteiger partial charge in [0.2, 0.25) is 0 Å². The maximum atomic E-state index is 3.59. The van der Waals surface area contributed by atoms with Crippen LogP contribution in [0.3, 0.4) is 0 Å². The Kier molecular flexibility index (Phi) is 3.98. The molecule has 0 spiro atoms. The molecule has 0 heterocycles. The Bertz CT molecular complexity index is 267. The molecular formula is C12H17Br. The van der Waals surface area contributed by atoms with Gasteiger partial charge in [0, 0.05) is 4.48 Å². The van der Waals surface area contributed by atoms with Crippen molar-refractivity contribution < 1.29 is 0 Å². The van der Waals surface area contributed by atoms with Crippen LogP contribution in [0.5, 0.6) is 0 Å². The second-order valence-electron chi connectivity index (χ2n) is 4.04. The van der Waals surface area contributed by atoms with Crippen LogP contribution in [0, 0.1) is 5.92 Å². The van der Waals surface area contributed by atoms with E-state index >= 15 is 0 Å². The highest BCUT2D eigenvalue weighted by Gasteiger charge is 2.03. The molecule has 1 rings (SSSR count). The van der Waals surface area contributed by atoms with Crippen LogP contribution in [0.4, 0.5) is 0 Å². The number of halogens is 1. The molecule has 0 aliphatic heterocycles. The summed E-state index contributed by atoms with van der Waals surface area (Å²) in [4.78, 5) is 0. The summed E-state index contributed by atoms with van der Waals surface area (Å²) in [6, 6.07) is 0. The molecule has 72 valence electrons. The van der Waals surface area contributed by atoms with E-state index in [9.17, 15) is 0 Å². The van der Waals surface area contributed by atoms with Crippen molar-refractivity contribution in [1.29, 1.82) is 0 Å². The van der Waals surface area contributed by atoms with Crippen LogP contribution >= 0.6 is 15.9 Å². The summed E-state index contributed by atoms with van der Waals surface area (Å²) in [5.74, 6) is 0.737. The number of hydrogen-bond acceptors (Lipinski definition) is 0. The molecular weight excluding hydrogens is 224 g/mol. The molecule has 0 N–H and O–H groups in total. The van der Waals surface area contributed by atoms with Crippen molar-refractivity contribution in [2.45, 2.75) is 33.6 Å². The standard InChI is InChI=1S/C12H17Br/c1-9(2)8-10(3)12(13)7-6-11-4-5-11/h4,6-7,9H,5,8H2,1-3H3/b7-6-,12-10+. The second-order valence-corrected chi connectivity index (χ2v) is 4.90. The van der Waals surface area contributed by atoms with E-state index in [1.54, 1.807) is 0 Å². The van der Waals surface area contributed by atoms with Gasteiger partial charge in [-0.2, -0.15) is 0 Å². The van der Waals surface area contributed by atoms with Crippen LogP contribution in [0.15, 0.2) is 33.9 Å². The van der Waals surface area contributed by atoms with Crippen LogP contribution in [0.2, 0.25) is 0 Å².